The van der Waals surface area contributed by atoms with E-state index in [9.17, 15) is 10.1 Å². The third-order valence-corrected chi connectivity index (χ3v) is 4.05. The van der Waals surface area contributed by atoms with Crippen LogP contribution in [0.2, 0.25) is 5.02 Å². The molecule has 2 rings (SSSR count). The summed E-state index contributed by atoms with van der Waals surface area (Å²) in [5, 5.41) is 19.0. The number of hydrogen-bond acceptors (Lipinski definition) is 2. The third kappa shape index (κ3) is 2.50. The summed E-state index contributed by atoms with van der Waals surface area (Å²) in [6, 6.07) is 9.10. The van der Waals surface area contributed by atoms with Crippen LogP contribution in [0, 0.1) is 28.6 Å². The molecule has 1 fully saturated rings. The topological polar surface area (TPSA) is 61.1 Å². The average Bonchev–Trinajstić information content (AvgIpc) is 2.89. The maximum atomic E-state index is 11.1. The number of hydrogen-bond donors (Lipinski definition) is 1. The molecular formula is C15H14ClNO2. The van der Waals surface area contributed by atoms with Gasteiger partial charge >= 0.3 is 5.97 Å². The number of allylic oxidation sites excluding steroid dienone is 2. The molecule has 0 aromatic heterocycles. The van der Waals surface area contributed by atoms with Crippen molar-refractivity contribution in [3.8, 4) is 6.07 Å². The van der Waals surface area contributed by atoms with E-state index >= 15 is 0 Å². The molecule has 0 amide bonds. The quantitative estimate of drug-likeness (QED) is 0.857. The molecule has 0 saturated heterocycles. The summed E-state index contributed by atoms with van der Waals surface area (Å²) >= 11 is 5.81. The Morgan fingerprint density at radius 1 is 1.42 bits per heavy atom. The van der Waals surface area contributed by atoms with E-state index in [0.717, 1.165) is 5.56 Å². The van der Waals surface area contributed by atoms with Gasteiger partial charge in [0.2, 0.25) is 0 Å². The molecule has 1 aromatic rings. The molecule has 0 unspecified atom stereocenters. The van der Waals surface area contributed by atoms with Gasteiger partial charge < -0.3 is 5.11 Å². The van der Waals surface area contributed by atoms with Gasteiger partial charge in [0, 0.05) is 5.02 Å². The fourth-order valence-electron chi connectivity index (χ4n) is 2.47. The van der Waals surface area contributed by atoms with Gasteiger partial charge in [0.25, 0.3) is 0 Å². The minimum Gasteiger partial charge on any atom is -0.481 e. The number of aliphatic carboxylic acids is 1. The van der Waals surface area contributed by atoms with Crippen LogP contribution in [0.15, 0.2) is 30.3 Å². The van der Waals surface area contributed by atoms with Crippen LogP contribution in [0.5, 0.6) is 0 Å². The normalized spacial score (nSPS) is 24.6. The highest BCUT2D eigenvalue weighted by Gasteiger charge is 2.61. The largest absolute Gasteiger partial charge is 0.481 e. The molecule has 1 aliphatic rings. The van der Waals surface area contributed by atoms with Crippen LogP contribution in [0.4, 0.5) is 0 Å². The zero-order valence-corrected chi connectivity index (χ0v) is 11.5. The van der Waals surface area contributed by atoms with Crippen LogP contribution in [-0.4, -0.2) is 11.1 Å². The summed E-state index contributed by atoms with van der Waals surface area (Å²) < 4.78 is 0. The number of halogens is 1. The molecule has 0 spiro atoms. The molecule has 0 bridgehead atoms. The van der Waals surface area contributed by atoms with Crippen molar-refractivity contribution in [1.82, 2.24) is 0 Å². The lowest BCUT2D eigenvalue weighted by Crippen LogP contribution is -2.03. The summed E-state index contributed by atoms with van der Waals surface area (Å²) in [7, 11) is 0. The first-order valence-corrected chi connectivity index (χ1v) is 6.36. The zero-order chi connectivity index (χ0) is 14.2. The minimum atomic E-state index is -0.806. The lowest BCUT2D eigenvalue weighted by atomic mass is 10.0. The van der Waals surface area contributed by atoms with E-state index < -0.39 is 11.9 Å². The Labute approximate surface area is 117 Å². The molecule has 0 aliphatic heterocycles. The predicted molar refractivity (Wildman–Crippen MR) is 73.4 cm³/mol. The number of carboxylic acids is 1. The fourth-order valence-corrected chi connectivity index (χ4v) is 2.59. The number of nitrogens with zero attached hydrogens (tertiary/aromatic N) is 1. The molecule has 0 radical (unpaired) electrons. The standard InChI is InChI=1S/C15H14ClNO2/c1-15(2)12(13(15)14(18)19)7-10(8-17)9-3-5-11(16)6-4-9/h3-7,12-13H,1-2H3,(H,18,19)/b10-7+/t12-,13+/m0/s1. The van der Waals surface area contributed by atoms with Crippen molar-refractivity contribution >= 4 is 23.1 Å². The number of carbonyl (C=O) groups is 1. The highest BCUT2D eigenvalue weighted by molar-refractivity contribution is 6.30. The lowest BCUT2D eigenvalue weighted by Gasteiger charge is -2.01. The van der Waals surface area contributed by atoms with Gasteiger partial charge in [-0.15, -0.1) is 0 Å². The molecule has 4 heteroatoms. The zero-order valence-electron chi connectivity index (χ0n) is 10.7. The number of benzene rings is 1. The van der Waals surface area contributed by atoms with E-state index in [-0.39, 0.29) is 11.3 Å². The SMILES string of the molecule is CC1(C)[C@@H](/C=C(\C#N)c2ccc(Cl)cc2)[C@@H]1C(=O)O. The second-order valence-electron chi connectivity index (χ2n) is 5.36. The molecular weight excluding hydrogens is 262 g/mol. The first-order chi connectivity index (χ1) is 8.87. The highest BCUT2D eigenvalue weighted by atomic mass is 35.5. The first kappa shape index (κ1) is 13.6. The Morgan fingerprint density at radius 3 is 2.42 bits per heavy atom. The van der Waals surface area contributed by atoms with Crippen molar-refractivity contribution in [3.05, 3.63) is 40.9 Å². The fraction of sp³-hybridized carbons (Fsp3) is 0.333. The van der Waals surface area contributed by atoms with Crippen molar-refractivity contribution in [1.29, 1.82) is 5.26 Å². The van der Waals surface area contributed by atoms with Crippen LogP contribution >= 0.6 is 11.6 Å². The Balaban J connectivity index is 2.29. The predicted octanol–water partition coefficient (Wildman–Crippen LogP) is 3.60. The number of nitriles is 1. The highest BCUT2D eigenvalue weighted by Crippen LogP contribution is 2.59. The average molecular weight is 276 g/mol. The van der Waals surface area contributed by atoms with Crippen LogP contribution in [-0.2, 0) is 4.79 Å². The van der Waals surface area contributed by atoms with Crippen LogP contribution in [0.3, 0.4) is 0 Å². The van der Waals surface area contributed by atoms with Gasteiger partial charge in [-0.3, -0.25) is 4.79 Å². The van der Waals surface area contributed by atoms with Gasteiger partial charge in [-0.25, -0.2) is 0 Å². The van der Waals surface area contributed by atoms with Gasteiger partial charge in [0.05, 0.1) is 17.6 Å². The molecule has 1 saturated carbocycles. The van der Waals surface area contributed by atoms with Crippen LogP contribution < -0.4 is 0 Å². The summed E-state index contributed by atoms with van der Waals surface area (Å²) in [6.45, 7) is 3.81. The van der Waals surface area contributed by atoms with Crippen molar-refractivity contribution in [2.45, 2.75) is 13.8 Å². The maximum absolute atomic E-state index is 11.1. The minimum absolute atomic E-state index is 0.102. The molecule has 1 aromatic carbocycles. The van der Waals surface area contributed by atoms with E-state index in [1.807, 2.05) is 13.8 Å². The summed E-state index contributed by atoms with van der Waals surface area (Å²) in [5.74, 6) is -1.32. The molecule has 98 valence electrons. The van der Waals surface area contributed by atoms with Gasteiger partial charge in [-0.05, 0) is 29.0 Å². The number of carboxylic acid groups (broad SMARTS) is 1. The Bertz CT molecular complexity index is 581. The molecule has 1 aliphatic carbocycles. The Hall–Kier alpha value is -1.79. The molecule has 0 heterocycles. The molecule has 3 nitrogen and oxygen atoms in total. The van der Waals surface area contributed by atoms with Crippen molar-refractivity contribution in [2.24, 2.45) is 17.3 Å². The van der Waals surface area contributed by atoms with E-state index in [1.54, 1.807) is 30.3 Å². The Kier molecular flexibility index (Phi) is 3.38. The van der Waals surface area contributed by atoms with E-state index in [0.29, 0.717) is 10.6 Å². The second-order valence-corrected chi connectivity index (χ2v) is 5.80. The van der Waals surface area contributed by atoms with Gasteiger partial charge in [0.15, 0.2) is 0 Å². The lowest BCUT2D eigenvalue weighted by molar-refractivity contribution is -0.139. The third-order valence-electron chi connectivity index (χ3n) is 3.80. The molecule has 19 heavy (non-hydrogen) atoms. The Morgan fingerprint density at radius 2 is 2.00 bits per heavy atom. The van der Waals surface area contributed by atoms with Crippen molar-refractivity contribution in [2.75, 3.05) is 0 Å². The first-order valence-electron chi connectivity index (χ1n) is 5.98. The summed E-state index contributed by atoms with van der Waals surface area (Å²) in [5.41, 5.74) is 0.970. The molecule has 2 atom stereocenters. The smallest absolute Gasteiger partial charge is 0.307 e. The van der Waals surface area contributed by atoms with Crippen LogP contribution in [0.1, 0.15) is 19.4 Å². The van der Waals surface area contributed by atoms with Gasteiger partial charge in [-0.1, -0.05) is 43.7 Å². The van der Waals surface area contributed by atoms with E-state index in [4.69, 9.17) is 16.7 Å². The van der Waals surface area contributed by atoms with E-state index in [2.05, 4.69) is 6.07 Å². The van der Waals surface area contributed by atoms with Crippen molar-refractivity contribution in [3.63, 3.8) is 0 Å². The van der Waals surface area contributed by atoms with Gasteiger partial charge in [0.1, 0.15) is 0 Å². The summed E-state index contributed by atoms with van der Waals surface area (Å²) in [4.78, 5) is 11.1. The second kappa shape index (κ2) is 4.71. The number of rotatable bonds is 3. The van der Waals surface area contributed by atoms with Gasteiger partial charge in [-0.2, -0.15) is 5.26 Å². The van der Waals surface area contributed by atoms with Crippen LogP contribution in [0.25, 0.3) is 5.57 Å². The van der Waals surface area contributed by atoms with Crippen molar-refractivity contribution < 1.29 is 9.90 Å². The monoisotopic (exact) mass is 275 g/mol. The maximum Gasteiger partial charge on any atom is 0.307 e. The van der Waals surface area contributed by atoms with E-state index in [1.165, 1.54) is 0 Å². The molecule has 1 N–H and O–H groups in total. The summed E-state index contributed by atoms with van der Waals surface area (Å²) in [6.07, 6.45) is 1.77.